The normalized spacial score (nSPS) is 11.1. The first-order chi connectivity index (χ1) is 8.17. The van der Waals surface area contributed by atoms with Gasteiger partial charge in [0.15, 0.2) is 0 Å². The lowest BCUT2D eigenvalue weighted by Crippen LogP contribution is -2.29. The van der Waals surface area contributed by atoms with Crippen LogP contribution in [0.25, 0.3) is 0 Å². The summed E-state index contributed by atoms with van der Waals surface area (Å²) < 4.78 is 18.5. The maximum absolute atomic E-state index is 13.1. The predicted octanol–water partition coefficient (Wildman–Crippen LogP) is 2.03. The topological polar surface area (TPSA) is 32.7 Å². The molecule has 0 atom stereocenters. The lowest BCUT2D eigenvalue weighted by atomic mass is 10.2. The first-order valence-corrected chi connectivity index (χ1v) is 6.22. The zero-order valence-corrected chi connectivity index (χ0v) is 11.4. The lowest BCUT2D eigenvalue weighted by Gasteiger charge is -2.21. The highest BCUT2D eigenvalue weighted by molar-refractivity contribution is 9.10. The molecule has 0 aromatic heterocycles. The Morgan fingerprint density at radius 2 is 2.18 bits per heavy atom. The summed E-state index contributed by atoms with van der Waals surface area (Å²) in [6.07, 6.45) is 0. The summed E-state index contributed by atoms with van der Waals surface area (Å²) in [4.78, 5) is 2.06. The zero-order chi connectivity index (χ0) is 12.7. The second kappa shape index (κ2) is 7.76. The molecule has 0 heterocycles. The van der Waals surface area contributed by atoms with Crippen molar-refractivity contribution in [3.8, 4) is 0 Å². The quantitative estimate of drug-likeness (QED) is 0.837. The van der Waals surface area contributed by atoms with E-state index in [2.05, 4.69) is 20.8 Å². The van der Waals surface area contributed by atoms with E-state index in [9.17, 15) is 4.39 Å². The SMILES string of the molecule is COCCN(CCO)Cc1ccc(F)c(Br)c1. The van der Waals surface area contributed by atoms with E-state index in [-0.39, 0.29) is 12.4 Å². The van der Waals surface area contributed by atoms with E-state index in [1.165, 1.54) is 6.07 Å². The number of ether oxygens (including phenoxy) is 1. The third-order valence-corrected chi connectivity index (χ3v) is 3.03. The molecular weight excluding hydrogens is 289 g/mol. The first-order valence-electron chi connectivity index (χ1n) is 5.43. The molecule has 1 aromatic rings. The monoisotopic (exact) mass is 305 g/mol. The molecule has 1 rings (SSSR count). The number of halogens is 2. The molecule has 1 aromatic carbocycles. The van der Waals surface area contributed by atoms with Gasteiger partial charge >= 0.3 is 0 Å². The number of hydrogen-bond donors (Lipinski definition) is 1. The second-order valence-corrected chi connectivity index (χ2v) is 4.60. The highest BCUT2D eigenvalue weighted by Crippen LogP contribution is 2.17. The summed E-state index contributed by atoms with van der Waals surface area (Å²) in [5, 5.41) is 8.96. The van der Waals surface area contributed by atoms with E-state index in [1.54, 1.807) is 19.2 Å². The van der Waals surface area contributed by atoms with Crippen molar-refractivity contribution in [2.45, 2.75) is 6.54 Å². The van der Waals surface area contributed by atoms with Gasteiger partial charge in [-0.05, 0) is 33.6 Å². The lowest BCUT2D eigenvalue weighted by molar-refractivity contribution is 0.127. The third-order valence-electron chi connectivity index (χ3n) is 2.42. The molecule has 1 N–H and O–H groups in total. The Morgan fingerprint density at radius 3 is 2.76 bits per heavy atom. The Balaban J connectivity index is 2.61. The van der Waals surface area contributed by atoms with E-state index in [1.807, 2.05) is 0 Å². The van der Waals surface area contributed by atoms with Crippen LogP contribution in [0.3, 0.4) is 0 Å². The van der Waals surface area contributed by atoms with Gasteiger partial charge in [0, 0.05) is 26.7 Å². The fraction of sp³-hybridized carbons (Fsp3) is 0.500. The van der Waals surface area contributed by atoms with Gasteiger partial charge in [0.05, 0.1) is 17.7 Å². The number of benzene rings is 1. The first kappa shape index (κ1) is 14.6. The molecule has 3 nitrogen and oxygen atoms in total. The van der Waals surface area contributed by atoms with Crippen LogP contribution in [0.2, 0.25) is 0 Å². The van der Waals surface area contributed by atoms with Crippen molar-refractivity contribution in [1.29, 1.82) is 0 Å². The summed E-state index contributed by atoms with van der Waals surface area (Å²) in [7, 11) is 1.64. The Labute approximate surface area is 109 Å². The van der Waals surface area contributed by atoms with E-state index in [4.69, 9.17) is 9.84 Å². The molecule has 17 heavy (non-hydrogen) atoms. The molecule has 0 amide bonds. The van der Waals surface area contributed by atoms with Gasteiger partial charge < -0.3 is 9.84 Å². The Morgan fingerprint density at radius 1 is 1.41 bits per heavy atom. The molecule has 0 aliphatic heterocycles. The number of aliphatic hydroxyl groups is 1. The fourth-order valence-electron chi connectivity index (χ4n) is 1.53. The van der Waals surface area contributed by atoms with Gasteiger partial charge in [-0.2, -0.15) is 0 Å². The predicted molar refractivity (Wildman–Crippen MR) is 68.3 cm³/mol. The van der Waals surface area contributed by atoms with Crippen LogP contribution >= 0.6 is 15.9 Å². The van der Waals surface area contributed by atoms with Gasteiger partial charge in [0.1, 0.15) is 5.82 Å². The Hall–Kier alpha value is -0.490. The summed E-state index contributed by atoms with van der Waals surface area (Å²) in [6.45, 7) is 2.71. The molecule has 96 valence electrons. The van der Waals surface area contributed by atoms with Crippen LogP contribution in [0.1, 0.15) is 5.56 Å². The summed E-state index contributed by atoms with van der Waals surface area (Å²) in [5.74, 6) is -0.264. The molecular formula is C12H17BrFNO2. The van der Waals surface area contributed by atoms with Crippen LogP contribution < -0.4 is 0 Å². The number of hydrogen-bond acceptors (Lipinski definition) is 3. The van der Waals surface area contributed by atoms with Crippen molar-refractivity contribution in [3.05, 3.63) is 34.1 Å². The standard InChI is InChI=1S/C12H17BrFNO2/c1-17-7-5-15(4-6-16)9-10-2-3-12(14)11(13)8-10/h2-3,8,16H,4-7,9H2,1H3. The zero-order valence-electron chi connectivity index (χ0n) is 9.83. The third kappa shape index (κ3) is 5.12. The van der Waals surface area contributed by atoms with Crippen LogP contribution in [-0.4, -0.2) is 43.4 Å². The van der Waals surface area contributed by atoms with E-state index in [0.29, 0.717) is 24.2 Å². The largest absolute Gasteiger partial charge is 0.395 e. The number of aliphatic hydroxyl groups excluding tert-OH is 1. The summed E-state index contributed by atoms with van der Waals surface area (Å²) in [5.41, 5.74) is 1.00. The maximum Gasteiger partial charge on any atom is 0.137 e. The molecule has 0 aliphatic carbocycles. The minimum absolute atomic E-state index is 0.103. The van der Waals surface area contributed by atoms with E-state index < -0.39 is 0 Å². The number of methoxy groups -OCH3 is 1. The van der Waals surface area contributed by atoms with Gasteiger partial charge in [-0.1, -0.05) is 6.07 Å². The molecule has 0 saturated heterocycles. The van der Waals surface area contributed by atoms with Crippen LogP contribution in [0, 0.1) is 5.82 Å². The minimum atomic E-state index is -0.264. The molecule has 5 heteroatoms. The van der Waals surface area contributed by atoms with Crippen molar-refractivity contribution in [1.82, 2.24) is 4.90 Å². The Bertz CT molecular complexity index is 349. The molecule has 0 radical (unpaired) electrons. The number of nitrogens with zero attached hydrogens (tertiary/aromatic N) is 1. The highest BCUT2D eigenvalue weighted by atomic mass is 79.9. The van der Waals surface area contributed by atoms with Crippen LogP contribution in [0.4, 0.5) is 4.39 Å². The van der Waals surface area contributed by atoms with Crippen molar-refractivity contribution >= 4 is 15.9 Å². The van der Waals surface area contributed by atoms with Gasteiger partial charge in [0.2, 0.25) is 0 Å². The molecule has 0 bridgehead atoms. The summed E-state index contributed by atoms with van der Waals surface area (Å²) >= 11 is 3.16. The van der Waals surface area contributed by atoms with Crippen LogP contribution in [0.15, 0.2) is 22.7 Å². The van der Waals surface area contributed by atoms with E-state index in [0.717, 1.165) is 12.1 Å². The van der Waals surface area contributed by atoms with Crippen molar-refractivity contribution in [3.63, 3.8) is 0 Å². The molecule has 0 aliphatic rings. The van der Waals surface area contributed by atoms with E-state index >= 15 is 0 Å². The van der Waals surface area contributed by atoms with Gasteiger partial charge in [-0.15, -0.1) is 0 Å². The average molecular weight is 306 g/mol. The van der Waals surface area contributed by atoms with Crippen LogP contribution in [-0.2, 0) is 11.3 Å². The molecule has 0 fully saturated rings. The molecule has 0 spiro atoms. The van der Waals surface area contributed by atoms with Crippen molar-refractivity contribution < 1.29 is 14.2 Å². The van der Waals surface area contributed by atoms with Gasteiger partial charge in [-0.25, -0.2) is 4.39 Å². The van der Waals surface area contributed by atoms with Crippen LogP contribution in [0.5, 0.6) is 0 Å². The molecule has 0 saturated carbocycles. The van der Waals surface area contributed by atoms with Crippen molar-refractivity contribution in [2.75, 3.05) is 33.4 Å². The highest BCUT2D eigenvalue weighted by Gasteiger charge is 2.07. The molecule has 0 unspecified atom stereocenters. The fourth-order valence-corrected chi connectivity index (χ4v) is 1.95. The summed E-state index contributed by atoms with van der Waals surface area (Å²) in [6, 6.07) is 4.94. The van der Waals surface area contributed by atoms with Gasteiger partial charge in [-0.3, -0.25) is 4.90 Å². The smallest absolute Gasteiger partial charge is 0.137 e. The minimum Gasteiger partial charge on any atom is -0.395 e. The average Bonchev–Trinajstić information content (AvgIpc) is 2.31. The van der Waals surface area contributed by atoms with Gasteiger partial charge in [0.25, 0.3) is 0 Å². The number of rotatable bonds is 7. The van der Waals surface area contributed by atoms with Crippen molar-refractivity contribution in [2.24, 2.45) is 0 Å². The second-order valence-electron chi connectivity index (χ2n) is 3.74. The maximum atomic E-state index is 13.1. The Kier molecular flexibility index (Phi) is 6.65.